The van der Waals surface area contributed by atoms with E-state index in [1.807, 2.05) is 0 Å². The molecule has 2 unspecified atom stereocenters. The number of piperidine rings is 1. The first-order valence-electron chi connectivity index (χ1n) is 8.04. The van der Waals surface area contributed by atoms with Crippen LogP contribution in [0.2, 0.25) is 0 Å². The van der Waals surface area contributed by atoms with Crippen LogP contribution in [0.25, 0.3) is 0 Å². The predicted octanol–water partition coefficient (Wildman–Crippen LogP) is 2.79. The smallest absolute Gasteiger partial charge is 0.0736 e. The first-order chi connectivity index (χ1) is 9.06. The molecule has 1 heterocycles. The van der Waals surface area contributed by atoms with Crippen molar-refractivity contribution in [2.45, 2.75) is 70.4 Å². The average molecular weight is 268 g/mol. The van der Waals surface area contributed by atoms with Crippen LogP contribution in [-0.2, 0) is 4.74 Å². The summed E-state index contributed by atoms with van der Waals surface area (Å²) in [6.45, 7) is 7.48. The SMILES string of the molecule is COC(C)C(C)(CN)N1CCC2(CCCCC2)CC1. The zero-order valence-corrected chi connectivity index (χ0v) is 13.1. The van der Waals surface area contributed by atoms with Gasteiger partial charge in [0.05, 0.1) is 11.6 Å². The third-order valence-electron chi connectivity index (χ3n) is 6.10. The molecule has 3 heteroatoms. The maximum atomic E-state index is 6.06. The zero-order valence-electron chi connectivity index (χ0n) is 13.1. The fourth-order valence-corrected chi connectivity index (χ4v) is 4.10. The van der Waals surface area contributed by atoms with E-state index in [0.717, 1.165) is 0 Å². The number of nitrogens with two attached hydrogens (primary N) is 1. The predicted molar refractivity (Wildman–Crippen MR) is 80.3 cm³/mol. The third-order valence-corrected chi connectivity index (χ3v) is 6.10. The van der Waals surface area contributed by atoms with E-state index in [4.69, 9.17) is 10.5 Å². The van der Waals surface area contributed by atoms with Gasteiger partial charge in [-0.2, -0.15) is 0 Å². The molecular weight excluding hydrogens is 236 g/mol. The Morgan fingerprint density at radius 2 is 1.74 bits per heavy atom. The Morgan fingerprint density at radius 3 is 2.21 bits per heavy atom. The monoisotopic (exact) mass is 268 g/mol. The van der Waals surface area contributed by atoms with Crippen LogP contribution >= 0.6 is 0 Å². The summed E-state index contributed by atoms with van der Waals surface area (Å²) in [4.78, 5) is 2.58. The fraction of sp³-hybridized carbons (Fsp3) is 1.00. The second-order valence-corrected chi connectivity index (χ2v) is 6.99. The number of methoxy groups -OCH3 is 1. The summed E-state index contributed by atoms with van der Waals surface area (Å²) in [5, 5.41) is 0. The molecule has 2 N–H and O–H groups in total. The summed E-state index contributed by atoms with van der Waals surface area (Å²) in [6, 6.07) is 0. The van der Waals surface area contributed by atoms with E-state index in [1.165, 1.54) is 58.0 Å². The van der Waals surface area contributed by atoms with Crippen LogP contribution < -0.4 is 5.73 Å². The molecule has 2 fully saturated rings. The fourth-order valence-electron chi connectivity index (χ4n) is 4.10. The molecule has 2 aliphatic rings. The Bertz CT molecular complexity index is 278. The molecule has 0 amide bonds. The van der Waals surface area contributed by atoms with Gasteiger partial charge in [-0.25, -0.2) is 0 Å². The summed E-state index contributed by atoms with van der Waals surface area (Å²) >= 11 is 0. The van der Waals surface area contributed by atoms with Gasteiger partial charge in [-0.3, -0.25) is 4.90 Å². The molecule has 1 aliphatic carbocycles. The molecule has 1 saturated heterocycles. The Kier molecular flexibility index (Phi) is 4.91. The largest absolute Gasteiger partial charge is 0.380 e. The number of hydrogen-bond acceptors (Lipinski definition) is 3. The second kappa shape index (κ2) is 6.11. The minimum absolute atomic E-state index is 0.00890. The molecule has 0 aromatic rings. The van der Waals surface area contributed by atoms with E-state index in [9.17, 15) is 0 Å². The van der Waals surface area contributed by atoms with E-state index in [1.54, 1.807) is 7.11 Å². The van der Waals surface area contributed by atoms with Gasteiger partial charge in [0.25, 0.3) is 0 Å². The molecule has 1 saturated carbocycles. The van der Waals surface area contributed by atoms with Crippen molar-refractivity contribution in [3.8, 4) is 0 Å². The van der Waals surface area contributed by atoms with Crippen molar-refractivity contribution in [3.63, 3.8) is 0 Å². The number of nitrogens with zero attached hydrogens (tertiary/aromatic N) is 1. The quantitative estimate of drug-likeness (QED) is 0.852. The van der Waals surface area contributed by atoms with Crippen molar-refractivity contribution >= 4 is 0 Å². The van der Waals surface area contributed by atoms with Gasteiger partial charge >= 0.3 is 0 Å². The minimum atomic E-state index is -0.00890. The minimum Gasteiger partial charge on any atom is -0.380 e. The van der Waals surface area contributed by atoms with Gasteiger partial charge in [-0.15, -0.1) is 0 Å². The number of ether oxygens (including phenoxy) is 1. The van der Waals surface area contributed by atoms with Gasteiger partial charge in [0.15, 0.2) is 0 Å². The molecule has 1 aliphatic heterocycles. The lowest BCUT2D eigenvalue weighted by Gasteiger charge is -2.51. The maximum absolute atomic E-state index is 6.06. The first kappa shape index (κ1) is 15.3. The van der Waals surface area contributed by atoms with Crippen LogP contribution in [0.4, 0.5) is 0 Å². The highest BCUT2D eigenvalue weighted by atomic mass is 16.5. The standard InChI is InChI=1S/C16H32N2O/c1-14(19-3)15(2,13-17)18-11-9-16(10-12-18)7-5-4-6-8-16/h14H,4-13,17H2,1-3H3. The van der Waals surface area contributed by atoms with Gasteiger partial charge in [0, 0.05) is 13.7 Å². The lowest BCUT2D eigenvalue weighted by Crippen LogP contribution is -2.61. The van der Waals surface area contributed by atoms with Gasteiger partial charge in [-0.05, 0) is 58.0 Å². The van der Waals surface area contributed by atoms with Gasteiger partial charge in [-0.1, -0.05) is 19.3 Å². The van der Waals surface area contributed by atoms with Crippen molar-refractivity contribution in [3.05, 3.63) is 0 Å². The molecule has 0 aromatic heterocycles. The van der Waals surface area contributed by atoms with Gasteiger partial charge < -0.3 is 10.5 Å². The Hall–Kier alpha value is -0.120. The number of rotatable bonds is 4. The molecule has 19 heavy (non-hydrogen) atoms. The molecule has 1 spiro atoms. The summed E-state index contributed by atoms with van der Waals surface area (Å²) in [7, 11) is 1.80. The number of hydrogen-bond donors (Lipinski definition) is 1. The average Bonchev–Trinajstić information content (AvgIpc) is 2.47. The van der Waals surface area contributed by atoms with Gasteiger partial charge in [0.2, 0.25) is 0 Å². The van der Waals surface area contributed by atoms with Crippen LogP contribution in [0.5, 0.6) is 0 Å². The third kappa shape index (κ3) is 2.98. The van der Waals surface area contributed by atoms with Crippen LogP contribution in [0.1, 0.15) is 58.8 Å². The van der Waals surface area contributed by atoms with Crippen molar-refractivity contribution in [1.29, 1.82) is 0 Å². The molecule has 3 nitrogen and oxygen atoms in total. The topological polar surface area (TPSA) is 38.5 Å². The molecule has 2 atom stereocenters. The van der Waals surface area contributed by atoms with Gasteiger partial charge in [0.1, 0.15) is 0 Å². The van der Waals surface area contributed by atoms with Crippen LogP contribution in [0.15, 0.2) is 0 Å². The Labute approximate surface area is 118 Å². The van der Waals surface area contributed by atoms with Crippen LogP contribution in [-0.4, -0.2) is 43.3 Å². The maximum Gasteiger partial charge on any atom is 0.0736 e. The summed E-state index contributed by atoms with van der Waals surface area (Å²) < 4.78 is 5.57. The van der Waals surface area contributed by atoms with Crippen LogP contribution in [0.3, 0.4) is 0 Å². The summed E-state index contributed by atoms with van der Waals surface area (Å²) in [5.41, 5.74) is 6.72. The molecule has 0 radical (unpaired) electrons. The second-order valence-electron chi connectivity index (χ2n) is 6.99. The Balaban J connectivity index is 1.98. The summed E-state index contributed by atoms with van der Waals surface area (Å²) in [6.07, 6.45) is 10.2. The van der Waals surface area contributed by atoms with Crippen LogP contribution in [0, 0.1) is 5.41 Å². The highest BCUT2D eigenvalue weighted by Gasteiger charge is 2.42. The molecule has 2 rings (SSSR count). The van der Waals surface area contributed by atoms with E-state index in [2.05, 4.69) is 18.7 Å². The molecular formula is C16H32N2O. The first-order valence-corrected chi connectivity index (χ1v) is 8.04. The van der Waals surface area contributed by atoms with Crippen molar-refractivity contribution in [2.75, 3.05) is 26.7 Å². The van der Waals surface area contributed by atoms with Crippen molar-refractivity contribution in [1.82, 2.24) is 4.90 Å². The molecule has 0 aromatic carbocycles. The molecule has 112 valence electrons. The normalized spacial score (nSPS) is 29.1. The zero-order chi connectivity index (χ0) is 13.9. The van der Waals surface area contributed by atoms with Crippen molar-refractivity contribution < 1.29 is 4.74 Å². The van der Waals surface area contributed by atoms with Crippen molar-refractivity contribution in [2.24, 2.45) is 11.1 Å². The van der Waals surface area contributed by atoms with E-state index < -0.39 is 0 Å². The van der Waals surface area contributed by atoms with E-state index in [-0.39, 0.29) is 11.6 Å². The van der Waals surface area contributed by atoms with E-state index in [0.29, 0.717) is 12.0 Å². The summed E-state index contributed by atoms with van der Waals surface area (Å²) in [5.74, 6) is 0. The number of likely N-dealkylation sites (tertiary alicyclic amines) is 1. The Morgan fingerprint density at radius 1 is 1.16 bits per heavy atom. The highest BCUT2D eigenvalue weighted by molar-refractivity contribution is 4.98. The van der Waals surface area contributed by atoms with E-state index >= 15 is 0 Å². The molecule has 0 bridgehead atoms. The lowest BCUT2D eigenvalue weighted by atomic mass is 9.67. The lowest BCUT2D eigenvalue weighted by molar-refractivity contribution is -0.0611. The highest BCUT2D eigenvalue weighted by Crippen LogP contribution is 2.45.